The molecule has 4 nitrogen and oxygen atoms in total. The zero-order valence-electron chi connectivity index (χ0n) is 17.7. The van der Waals surface area contributed by atoms with Crippen LogP contribution in [0, 0.1) is 5.82 Å². The van der Waals surface area contributed by atoms with Crippen molar-refractivity contribution in [2.24, 2.45) is 0 Å². The third-order valence-electron chi connectivity index (χ3n) is 5.09. The van der Waals surface area contributed by atoms with Crippen molar-refractivity contribution in [2.45, 2.75) is 59.0 Å². The Balaban J connectivity index is 2.12. The quantitative estimate of drug-likeness (QED) is 0.679. The number of aryl methyl sites for hydroxylation is 1. The van der Waals surface area contributed by atoms with Crippen molar-refractivity contribution in [1.29, 1.82) is 0 Å². The third-order valence-corrected chi connectivity index (χ3v) is 5.09. The molecular weight excluding hydrogens is 367 g/mol. The number of nitrogens with zero attached hydrogens (tertiary/aromatic N) is 1. The molecule has 156 valence electrons. The summed E-state index contributed by atoms with van der Waals surface area (Å²) in [6, 6.07) is 13.9. The molecule has 2 aromatic carbocycles. The van der Waals surface area contributed by atoms with Crippen molar-refractivity contribution in [2.75, 3.05) is 6.54 Å². The SMILES string of the molecule is CCNC(=O)[C@@H](C)N(Cc1ccccc1F)C(=O)CCc1ccc(C(C)C)cc1. The number of amides is 2. The lowest BCUT2D eigenvalue weighted by Crippen LogP contribution is -2.47. The van der Waals surface area contributed by atoms with Gasteiger partial charge in [0.05, 0.1) is 0 Å². The Morgan fingerprint density at radius 2 is 1.69 bits per heavy atom. The predicted octanol–water partition coefficient (Wildman–Crippen LogP) is 4.44. The molecule has 0 unspecified atom stereocenters. The van der Waals surface area contributed by atoms with E-state index >= 15 is 0 Å². The minimum atomic E-state index is -0.676. The minimum Gasteiger partial charge on any atom is -0.355 e. The summed E-state index contributed by atoms with van der Waals surface area (Å²) in [5.41, 5.74) is 2.73. The molecule has 1 N–H and O–H groups in total. The van der Waals surface area contributed by atoms with Gasteiger partial charge in [-0.2, -0.15) is 0 Å². The molecule has 0 heterocycles. The minimum absolute atomic E-state index is 0.0656. The summed E-state index contributed by atoms with van der Waals surface area (Å²) in [5, 5.41) is 2.75. The number of likely N-dealkylation sites (N-methyl/N-ethyl adjacent to an activating group) is 1. The summed E-state index contributed by atoms with van der Waals surface area (Å²) in [4.78, 5) is 26.8. The average molecular weight is 399 g/mol. The van der Waals surface area contributed by atoms with E-state index in [1.807, 2.05) is 19.1 Å². The molecular formula is C24H31FN2O2. The lowest BCUT2D eigenvalue weighted by Gasteiger charge is -2.29. The second-order valence-electron chi connectivity index (χ2n) is 7.58. The van der Waals surface area contributed by atoms with Crippen molar-refractivity contribution in [1.82, 2.24) is 10.2 Å². The number of carbonyl (C=O) groups excluding carboxylic acids is 2. The Labute approximate surface area is 173 Å². The summed E-state index contributed by atoms with van der Waals surface area (Å²) in [7, 11) is 0. The van der Waals surface area contributed by atoms with Gasteiger partial charge in [-0.25, -0.2) is 4.39 Å². The molecule has 0 aliphatic heterocycles. The average Bonchev–Trinajstić information content (AvgIpc) is 2.71. The van der Waals surface area contributed by atoms with E-state index in [2.05, 4.69) is 31.3 Å². The first kappa shape index (κ1) is 22.6. The topological polar surface area (TPSA) is 49.4 Å². The van der Waals surface area contributed by atoms with Gasteiger partial charge in [-0.3, -0.25) is 9.59 Å². The zero-order chi connectivity index (χ0) is 21.4. The van der Waals surface area contributed by atoms with Crippen LogP contribution >= 0.6 is 0 Å². The van der Waals surface area contributed by atoms with Gasteiger partial charge in [-0.05, 0) is 43.4 Å². The number of halogens is 1. The Morgan fingerprint density at radius 3 is 2.28 bits per heavy atom. The molecule has 0 aromatic heterocycles. The van der Waals surface area contributed by atoms with Crippen molar-refractivity contribution >= 4 is 11.8 Å². The number of carbonyl (C=O) groups is 2. The molecule has 0 spiro atoms. The van der Waals surface area contributed by atoms with E-state index in [1.165, 1.54) is 16.5 Å². The fraction of sp³-hybridized carbons (Fsp3) is 0.417. The van der Waals surface area contributed by atoms with Crippen molar-refractivity contribution in [3.05, 3.63) is 71.0 Å². The van der Waals surface area contributed by atoms with E-state index in [0.29, 0.717) is 24.4 Å². The van der Waals surface area contributed by atoms with E-state index in [9.17, 15) is 14.0 Å². The monoisotopic (exact) mass is 398 g/mol. The highest BCUT2D eigenvalue weighted by Crippen LogP contribution is 2.17. The van der Waals surface area contributed by atoms with Gasteiger partial charge >= 0.3 is 0 Å². The Hall–Kier alpha value is -2.69. The van der Waals surface area contributed by atoms with E-state index in [-0.39, 0.29) is 30.6 Å². The number of hydrogen-bond acceptors (Lipinski definition) is 2. The highest BCUT2D eigenvalue weighted by Gasteiger charge is 2.26. The van der Waals surface area contributed by atoms with Crippen LogP contribution in [0.4, 0.5) is 4.39 Å². The van der Waals surface area contributed by atoms with Crippen LogP contribution in [-0.4, -0.2) is 29.3 Å². The van der Waals surface area contributed by atoms with Gasteiger partial charge in [0.1, 0.15) is 11.9 Å². The van der Waals surface area contributed by atoms with E-state index in [1.54, 1.807) is 25.1 Å². The van der Waals surface area contributed by atoms with Crippen molar-refractivity contribution in [3.63, 3.8) is 0 Å². The van der Waals surface area contributed by atoms with E-state index in [0.717, 1.165) is 5.56 Å². The molecule has 0 aliphatic carbocycles. The molecule has 5 heteroatoms. The summed E-state index contributed by atoms with van der Waals surface area (Å²) >= 11 is 0. The van der Waals surface area contributed by atoms with Crippen LogP contribution in [0.2, 0.25) is 0 Å². The molecule has 0 fully saturated rings. The molecule has 0 saturated carbocycles. The van der Waals surface area contributed by atoms with Gasteiger partial charge in [-0.1, -0.05) is 56.3 Å². The zero-order valence-corrected chi connectivity index (χ0v) is 17.7. The smallest absolute Gasteiger partial charge is 0.242 e. The Bertz CT molecular complexity index is 818. The first-order valence-corrected chi connectivity index (χ1v) is 10.2. The second kappa shape index (κ2) is 10.7. The molecule has 0 saturated heterocycles. The van der Waals surface area contributed by atoms with Crippen molar-refractivity contribution < 1.29 is 14.0 Å². The van der Waals surface area contributed by atoms with Crippen LogP contribution in [0.25, 0.3) is 0 Å². The van der Waals surface area contributed by atoms with Crippen LogP contribution in [0.1, 0.15) is 56.7 Å². The van der Waals surface area contributed by atoms with Crippen LogP contribution < -0.4 is 5.32 Å². The maximum Gasteiger partial charge on any atom is 0.242 e. The van der Waals surface area contributed by atoms with Crippen LogP contribution in [0.5, 0.6) is 0 Å². The van der Waals surface area contributed by atoms with Gasteiger partial charge in [0.2, 0.25) is 11.8 Å². The highest BCUT2D eigenvalue weighted by molar-refractivity contribution is 5.87. The van der Waals surface area contributed by atoms with Gasteiger partial charge in [-0.15, -0.1) is 0 Å². The highest BCUT2D eigenvalue weighted by atomic mass is 19.1. The second-order valence-corrected chi connectivity index (χ2v) is 7.58. The lowest BCUT2D eigenvalue weighted by molar-refractivity contribution is -0.140. The summed E-state index contributed by atoms with van der Waals surface area (Å²) in [5.74, 6) is -0.323. The predicted molar refractivity (Wildman–Crippen MR) is 114 cm³/mol. The van der Waals surface area contributed by atoms with Gasteiger partial charge < -0.3 is 10.2 Å². The number of benzene rings is 2. The Kier molecular flexibility index (Phi) is 8.37. The lowest BCUT2D eigenvalue weighted by atomic mass is 10.00. The first-order chi connectivity index (χ1) is 13.8. The van der Waals surface area contributed by atoms with Crippen LogP contribution in [0.15, 0.2) is 48.5 Å². The molecule has 1 atom stereocenters. The molecule has 0 bridgehead atoms. The molecule has 29 heavy (non-hydrogen) atoms. The van der Waals surface area contributed by atoms with Gasteiger partial charge in [0.25, 0.3) is 0 Å². The normalized spacial score (nSPS) is 11.9. The number of rotatable bonds is 9. The van der Waals surface area contributed by atoms with E-state index < -0.39 is 6.04 Å². The number of nitrogens with one attached hydrogen (secondary N) is 1. The number of hydrogen-bond donors (Lipinski definition) is 1. The van der Waals surface area contributed by atoms with Crippen LogP contribution in [0.3, 0.4) is 0 Å². The van der Waals surface area contributed by atoms with Crippen molar-refractivity contribution in [3.8, 4) is 0 Å². The molecule has 2 aromatic rings. The largest absolute Gasteiger partial charge is 0.355 e. The van der Waals surface area contributed by atoms with Gasteiger partial charge in [0, 0.05) is 25.1 Å². The Morgan fingerprint density at radius 1 is 1.03 bits per heavy atom. The standard InChI is InChI=1S/C24H31FN2O2/c1-5-26-24(29)18(4)27(16-21-8-6-7-9-22(21)25)23(28)15-12-19-10-13-20(14-11-19)17(2)3/h6-11,13-14,17-18H,5,12,15-16H2,1-4H3,(H,26,29)/t18-/m1/s1. The first-order valence-electron chi connectivity index (χ1n) is 10.2. The maximum atomic E-state index is 14.1. The van der Waals surface area contributed by atoms with Crippen LogP contribution in [-0.2, 0) is 22.6 Å². The molecule has 2 amide bonds. The fourth-order valence-corrected chi connectivity index (χ4v) is 3.18. The van der Waals surface area contributed by atoms with E-state index in [4.69, 9.17) is 0 Å². The molecule has 0 aliphatic rings. The summed E-state index contributed by atoms with van der Waals surface area (Å²) in [6.45, 7) is 8.34. The molecule has 0 radical (unpaired) electrons. The maximum absolute atomic E-state index is 14.1. The fourth-order valence-electron chi connectivity index (χ4n) is 3.18. The van der Waals surface area contributed by atoms with Gasteiger partial charge in [0.15, 0.2) is 0 Å². The summed E-state index contributed by atoms with van der Waals surface area (Å²) < 4.78 is 14.1. The third kappa shape index (κ3) is 6.41. The summed E-state index contributed by atoms with van der Waals surface area (Å²) in [6.07, 6.45) is 0.840. The molecule has 2 rings (SSSR count).